The maximum Gasteiger partial charge on any atom is 0.297 e. The third-order valence-corrected chi connectivity index (χ3v) is 5.31. The predicted octanol–water partition coefficient (Wildman–Crippen LogP) is 3.38. The van der Waals surface area contributed by atoms with Crippen molar-refractivity contribution in [1.29, 1.82) is 0 Å². The molecule has 0 saturated carbocycles. The first-order valence-corrected chi connectivity index (χ1v) is 9.05. The minimum Gasteiger partial charge on any atom is -0.501 e. The molecule has 1 aliphatic heterocycles. The molecule has 0 radical (unpaired) electrons. The van der Waals surface area contributed by atoms with Gasteiger partial charge in [0.25, 0.3) is 11.4 Å². The third kappa shape index (κ3) is 2.32. The Kier molecular flexibility index (Phi) is 3.52. The van der Waals surface area contributed by atoms with Crippen molar-refractivity contribution in [2.75, 3.05) is 4.90 Å². The van der Waals surface area contributed by atoms with E-state index in [1.54, 1.807) is 19.2 Å². The molecule has 28 heavy (non-hydrogen) atoms. The van der Waals surface area contributed by atoms with Crippen molar-refractivity contribution < 1.29 is 9.52 Å². The second-order valence-electron chi connectivity index (χ2n) is 6.96. The molecule has 0 spiro atoms. The normalized spacial score (nSPS) is 15.9. The lowest BCUT2D eigenvalue weighted by Gasteiger charge is -2.25. The molecule has 140 valence electrons. The van der Waals surface area contributed by atoms with Gasteiger partial charge in [-0.2, -0.15) is 0 Å². The third-order valence-electron chi connectivity index (χ3n) is 5.31. The van der Waals surface area contributed by atoms with E-state index in [1.807, 2.05) is 29.2 Å². The van der Waals surface area contributed by atoms with Crippen LogP contribution in [0.5, 0.6) is 5.75 Å². The molecule has 3 heterocycles. The largest absolute Gasteiger partial charge is 0.501 e. The number of nitrogens with zero attached hydrogens (tertiary/aromatic N) is 4. The summed E-state index contributed by atoms with van der Waals surface area (Å²) in [6, 6.07) is 15.5. The van der Waals surface area contributed by atoms with E-state index in [9.17, 15) is 9.90 Å². The van der Waals surface area contributed by atoms with E-state index in [0.717, 1.165) is 0 Å². The van der Waals surface area contributed by atoms with Gasteiger partial charge < -0.3 is 14.4 Å². The molecule has 0 amide bonds. The van der Waals surface area contributed by atoms with Gasteiger partial charge in [-0.3, -0.25) is 9.36 Å². The number of hydrogen-bond donors (Lipinski definition) is 1. The molecule has 7 nitrogen and oxygen atoms in total. The molecule has 2 aromatic carbocycles. The van der Waals surface area contributed by atoms with Crippen molar-refractivity contribution in [3.63, 3.8) is 0 Å². The molecule has 0 saturated heterocycles. The maximum atomic E-state index is 12.7. The van der Waals surface area contributed by atoms with E-state index >= 15 is 0 Å². The molecule has 0 fully saturated rings. The summed E-state index contributed by atoms with van der Waals surface area (Å²) in [5.41, 5.74) is 3.13. The van der Waals surface area contributed by atoms with Gasteiger partial charge in [0.2, 0.25) is 11.7 Å². The summed E-state index contributed by atoms with van der Waals surface area (Å²) in [7, 11) is 1.61. The van der Waals surface area contributed by atoms with Crippen LogP contribution in [0.2, 0.25) is 0 Å². The van der Waals surface area contributed by atoms with Crippen LogP contribution in [0, 0.1) is 0 Å². The Morgan fingerprint density at radius 3 is 2.64 bits per heavy atom. The fourth-order valence-electron chi connectivity index (χ4n) is 3.78. The van der Waals surface area contributed by atoms with Gasteiger partial charge in [0.05, 0.1) is 6.04 Å². The van der Waals surface area contributed by atoms with Crippen LogP contribution in [-0.2, 0) is 13.6 Å². The summed E-state index contributed by atoms with van der Waals surface area (Å²) in [5, 5.41) is 10.4. The van der Waals surface area contributed by atoms with Crippen LogP contribution in [0.15, 0.2) is 57.7 Å². The Hall–Kier alpha value is -3.61. The second-order valence-corrected chi connectivity index (χ2v) is 6.96. The molecule has 7 heteroatoms. The minimum absolute atomic E-state index is 0.0512. The van der Waals surface area contributed by atoms with Crippen molar-refractivity contribution in [3.8, 4) is 17.3 Å². The van der Waals surface area contributed by atoms with Crippen LogP contribution in [-0.4, -0.2) is 19.6 Å². The summed E-state index contributed by atoms with van der Waals surface area (Å²) in [6.45, 7) is 2.71. The highest BCUT2D eigenvalue weighted by molar-refractivity contribution is 5.76. The number of oxazole rings is 1. The van der Waals surface area contributed by atoms with Crippen LogP contribution in [0.1, 0.15) is 24.1 Å². The molecule has 2 aromatic heterocycles. The smallest absolute Gasteiger partial charge is 0.297 e. The average Bonchev–Trinajstić information content (AvgIpc) is 3.28. The topological polar surface area (TPSA) is 84.4 Å². The van der Waals surface area contributed by atoms with Crippen molar-refractivity contribution >= 4 is 17.0 Å². The lowest BCUT2D eigenvalue weighted by molar-refractivity contribution is 0.454. The van der Waals surface area contributed by atoms with Crippen LogP contribution >= 0.6 is 0 Å². The Labute approximate surface area is 160 Å². The number of aromatic hydroxyl groups is 1. The Morgan fingerprint density at radius 2 is 1.86 bits per heavy atom. The van der Waals surface area contributed by atoms with Gasteiger partial charge in [0, 0.05) is 13.6 Å². The first kappa shape index (κ1) is 16.6. The molecule has 1 atom stereocenters. The number of benzene rings is 2. The average molecular weight is 374 g/mol. The van der Waals surface area contributed by atoms with Gasteiger partial charge in [-0.15, -0.1) is 0 Å². The highest BCUT2D eigenvalue weighted by Gasteiger charge is 2.31. The zero-order valence-corrected chi connectivity index (χ0v) is 15.5. The van der Waals surface area contributed by atoms with Crippen LogP contribution in [0.3, 0.4) is 0 Å². The van der Waals surface area contributed by atoms with E-state index < -0.39 is 11.3 Å². The molecule has 4 aromatic rings. The zero-order valence-electron chi connectivity index (χ0n) is 15.5. The van der Waals surface area contributed by atoms with E-state index in [-0.39, 0.29) is 17.6 Å². The first-order valence-electron chi connectivity index (χ1n) is 9.05. The fourth-order valence-corrected chi connectivity index (χ4v) is 3.78. The second kappa shape index (κ2) is 5.95. The van der Waals surface area contributed by atoms with E-state index in [4.69, 9.17) is 4.42 Å². The maximum absolute atomic E-state index is 12.7. The van der Waals surface area contributed by atoms with Gasteiger partial charge >= 0.3 is 0 Å². The standard InChI is InChI=1S/C21H18N4O3/c1-12-14-8-4-3-7-13(14)11-25(12)21-23-17(18(26)20(27)24(21)2)19-22-15-9-5-6-10-16(15)28-19/h3-10,12,26H,11H2,1-2H3/t12-/m1/s1. The Morgan fingerprint density at radius 1 is 1.11 bits per heavy atom. The van der Waals surface area contributed by atoms with E-state index in [1.165, 1.54) is 15.7 Å². The lowest BCUT2D eigenvalue weighted by atomic mass is 10.1. The molecule has 0 unspecified atom stereocenters. The van der Waals surface area contributed by atoms with Gasteiger partial charge in [0.1, 0.15) is 5.52 Å². The molecule has 5 rings (SSSR count). The van der Waals surface area contributed by atoms with Gasteiger partial charge in [-0.05, 0) is 30.2 Å². The lowest BCUT2D eigenvalue weighted by Crippen LogP contribution is -2.30. The van der Waals surface area contributed by atoms with Gasteiger partial charge in [-0.1, -0.05) is 36.4 Å². The van der Waals surface area contributed by atoms with Gasteiger partial charge in [0.15, 0.2) is 11.3 Å². The Balaban J connectivity index is 1.67. The first-order chi connectivity index (χ1) is 13.5. The number of fused-ring (bicyclic) bond motifs is 2. The molecular formula is C21H18N4O3. The monoisotopic (exact) mass is 374 g/mol. The van der Waals surface area contributed by atoms with E-state index in [0.29, 0.717) is 23.6 Å². The molecule has 1 aliphatic rings. The molecule has 0 bridgehead atoms. The minimum atomic E-state index is -0.537. The predicted molar refractivity (Wildman–Crippen MR) is 105 cm³/mol. The van der Waals surface area contributed by atoms with Crippen LogP contribution in [0.25, 0.3) is 22.7 Å². The van der Waals surface area contributed by atoms with E-state index in [2.05, 4.69) is 29.0 Å². The zero-order chi connectivity index (χ0) is 19.4. The van der Waals surface area contributed by atoms with Gasteiger partial charge in [-0.25, -0.2) is 9.97 Å². The SMILES string of the molecule is C[C@@H]1c2ccccc2CN1c1nc(-c2nc3ccccc3o2)c(O)c(=O)n1C. The van der Waals surface area contributed by atoms with Crippen LogP contribution in [0.4, 0.5) is 5.95 Å². The van der Waals surface area contributed by atoms with Crippen molar-refractivity contribution in [2.45, 2.75) is 19.5 Å². The number of aromatic nitrogens is 3. The number of hydrogen-bond acceptors (Lipinski definition) is 6. The summed E-state index contributed by atoms with van der Waals surface area (Å²) >= 11 is 0. The highest BCUT2D eigenvalue weighted by Crippen LogP contribution is 2.37. The Bertz CT molecular complexity index is 1240. The summed E-state index contributed by atoms with van der Waals surface area (Å²) in [5.74, 6) is 0.118. The fraction of sp³-hybridized carbons (Fsp3) is 0.190. The molecule has 1 N–H and O–H groups in total. The van der Waals surface area contributed by atoms with Crippen molar-refractivity contribution in [1.82, 2.24) is 14.5 Å². The summed E-state index contributed by atoms with van der Waals surface area (Å²) in [4.78, 5) is 23.7. The van der Waals surface area contributed by atoms with Crippen molar-refractivity contribution in [3.05, 3.63) is 70.0 Å². The molecule has 0 aliphatic carbocycles. The van der Waals surface area contributed by atoms with Crippen LogP contribution < -0.4 is 10.5 Å². The summed E-state index contributed by atoms with van der Waals surface area (Å²) in [6.07, 6.45) is 0. The summed E-state index contributed by atoms with van der Waals surface area (Å²) < 4.78 is 7.10. The highest BCUT2D eigenvalue weighted by atomic mass is 16.4. The number of rotatable bonds is 2. The van der Waals surface area contributed by atoms with Crippen molar-refractivity contribution in [2.24, 2.45) is 7.05 Å². The quantitative estimate of drug-likeness (QED) is 0.579. The number of para-hydroxylation sites is 2. The molecular weight excluding hydrogens is 356 g/mol. The number of anilines is 1.